The zero-order valence-corrected chi connectivity index (χ0v) is 18.2. The second kappa shape index (κ2) is 9.34. The second-order valence-electron chi connectivity index (χ2n) is 7.24. The molecule has 2 heterocycles. The molecule has 0 atom stereocenters. The van der Waals surface area contributed by atoms with E-state index < -0.39 is 0 Å². The molecule has 0 unspecified atom stereocenters. The van der Waals surface area contributed by atoms with E-state index in [9.17, 15) is 4.79 Å². The average molecular weight is 423 g/mol. The number of hydrogen-bond donors (Lipinski definition) is 0. The van der Waals surface area contributed by atoms with Crippen molar-refractivity contribution in [2.45, 2.75) is 37.2 Å². The van der Waals surface area contributed by atoms with Crippen LogP contribution in [0.5, 0.6) is 5.75 Å². The molecule has 1 saturated heterocycles. The van der Waals surface area contributed by atoms with Gasteiger partial charge in [-0.15, -0.1) is 10.2 Å². The van der Waals surface area contributed by atoms with Crippen LogP contribution in [0.25, 0.3) is 11.4 Å². The van der Waals surface area contributed by atoms with E-state index in [1.54, 1.807) is 18.9 Å². The molecule has 30 heavy (non-hydrogen) atoms. The lowest BCUT2D eigenvalue weighted by molar-refractivity contribution is 0.0793. The Labute approximate surface area is 181 Å². The normalized spacial score (nSPS) is 13.6. The SMILES string of the molecule is CCn1c(SCc2ccc(C(=O)N3CCCC3)cc2)nnc1-c1ccccc1OC. The van der Waals surface area contributed by atoms with Crippen molar-refractivity contribution < 1.29 is 9.53 Å². The molecule has 0 N–H and O–H groups in total. The first-order valence-corrected chi connectivity index (χ1v) is 11.3. The summed E-state index contributed by atoms with van der Waals surface area (Å²) in [6.45, 7) is 4.60. The molecule has 156 valence electrons. The van der Waals surface area contributed by atoms with Crippen molar-refractivity contribution in [2.24, 2.45) is 0 Å². The van der Waals surface area contributed by atoms with Crippen LogP contribution >= 0.6 is 11.8 Å². The minimum Gasteiger partial charge on any atom is -0.496 e. The number of para-hydroxylation sites is 1. The van der Waals surface area contributed by atoms with Crippen molar-refractivity contribution in [3.8, 4) is 17.1 Å². The van der Waals surface area contributed by atoms with Crippen LogP contribution in [-0.4, -0.2) is 45.8 Å². The third-order valence-corrected chi connectivity index (χ3v) is 6.38. The number of carbonyl (C=O) groups is 1. The van der Waals surface area contributed by atoms with Crippen LogP contribution < -0.4 is 4.74 Å². The maximum absolute atomic E-state index is 12.5. The van der Waals surface area contributed by atoms with E-state index in [0.29, 0.717) is 0 Å². The summed E-state index contributed by atoms with van der Waals surface area (Å²) in [6.07, 6.45) is 2.21. The van der Waals surface area contributed by atoms with Crippen LogP contribution in [0.3, 0.4) is 0 Å². The number of rotatable bonds is 7. The van der Waals surface area contributed by atoms with Gasteiger partial charge in [0.05, 0.1) is 12.7 Å². The van der Waals surface area contributed by atoms with Crippen molar-refractivity contribution in [1.29, 1.82) is 0 Å². The highest BCUT2D eigenvalue weighted by Gasteiger charge is 2.19. The van der Waals surface area contributed by atoms with Gasteiger partial charge in [0.2, 0.25) is 0 Å². The monoisotopic (exact) mass is 422 g/mol. The predicted molar refractivity (Wildman–Crippen MR) is 119 cm³/mol. The largest absolute Gasteiger partial charge is 0.496 e. The lowest BCUT2D eigenvalue weighted by Crippen LogP contribution is -2.27. The molecule has 6 nitrogen and oxygen atoms in total. The first kappa shape index (κ1) is 20.5. The van der Waals surface area contributed by atoms with Gasteiger partial charge in [-0.2, -0.15) is 0 Å². The highest BCUT2D eigenvalue weighted by Crippen LogP contribution is 2.31. The Bertz CT molecular complexity index is 1010. The van der Waals surface area contributed by atoms with E-state index in [0.717, 1.165) is 71.6 Å². The number of amides is 1. The van der Waals surface area contributed by atoms with Crippen molar-refractivity contribution in [2.75, 3.05) is 20.2 Å². The number of benzene rings is 2. The standard InChI is InChI=1S/C23H26N4O2S/c1-3-27-21(19-8-4-5-9-20(19)29-2)24-25-23(27)30-16-17-10-12-18(13-11-17)22(28)26-14-6-7-15-26/h4-5,8-13H,3,6-7,14-16H2,1-2H3. The van der Waals surface area contributed by atoms with Gasteiger partial charge in [0.25, 0.3) is 5.91 Å². The molecule has 0 bridgehead atoms. The molecule has 1 aromatic heterocycles. The van der Waals surface area contributed by atoms with Gasteiger partial charge in [-0.25, -0.2) is 0 Å². The zero-order chi connectivity index (χ0) is 20.9. The van der Waals surface area contributed by atoms with Gasteiger partial charge >= 0.3 is 0 Å². The van der Waals surface area contributed by atoms with E-state index in [2.05, 4.69) is 21.7 Å². The minimum atomic E-state index is 0.138. The maximum atomic E-state index is 12.5. The first-order chi connectivity index (χ1) is 14.7. The molecule has 0 spiro atoms. The number of methoxy groups -OCH3 is 1. The van der Waals surface area contributed by atoms with Gasteiger partial charge in [0, 0.05) is 31.0 Å². The Balaban J connectivity index is 1.46. The fourth-order valence-electron chi connectivity index (χ4n) is 3.70. The van der Waals surface area contributed by atoms with Crippen LogP contribution in [0.1, 0.15) is 35.7 Å². The number of aromatic nitrogens is 3. The topological polar surface area (TPSA) is 60.2 Å². The van der Waals surface area contributed by atoms with Crippen molar-refractivity contribution in [1.82, 2.24) is 19.7 Å². The Morgan fingerprint density at radius 2 is 1.80 bits per heavy atom. The Morgan fingerprint density at radius 3 is 2.50 bits per heavy atom. The summed E-state index contributed by atoms with van der Waals surface area (Å²) in [6, 6.07) is 15.8. The molecule has 2 aromatic carbocycles. The summed E-state index contributed by atoms with van der Waals surface area (Å²) in [5.74, 6) is 2.50. The van der Waals surface area contributed by atoms with Crippen LogP contribution in [0.2, 0.25) is 0 Å². The van der Waals surface area contributed by atoms with Gasteiger partial charge in [0.15, 0.2) is 11.0 Å². The van der Waals surface area contributed by atoms with Gasteiger partial charge < -0.3 is 14.2 Å². The highest BCUT2D eigenvalue weighted by atomic mass is 32.2. The summed E-state index contributed by atoms with van der Waals surface area (Å²) in [5.41, 5.74) is 2.86. The van der Waals surface area contributed by atoms with Crippen molar-refractivity contribution in [3.05, 3.63) is 59.7 Å². The van der Waals surface area contributed by atoms with Crippen LogP contribution in [0, 0.1) is 0 Å². The van der Waals surface area contributed by atoms with Crippen LogP contribution in [0.15, 0.2) is 53.7 Å². The smallest absolute Gasteiger partial charge is 0.253 e. The zero-order valence-electron chi connectivity index (χ0n) is 17.4. The molecule has 1 amide bonds. The number of nitrogens with zero attached hydrogens (tertiary/aromatic N) is 4. The quantitative estimate of drug-likeness (QED) is 0.525. The van der Waals surface area contributed by atoms with Crippen molar-refractivity contribution in [3.63, 3.8) is 0 Å². The van der Waals surface area contributed by atoms with E-state index in [4.69, 9.17) is 4.74 Å². The van der Waals surface area contributed by atoms with Crippen LogP contribution in [-0.2, 0) is 12.3 Å². The molecule has 1 aliphatic rings. The molecule has 4 rings (SSSR count). The molecule has 1 aliphatic heterocycles. The number of likely N-dealkylation sites (tertiary alicyclic amines) is 1. The maximum Gasteiger partial charge on any atom is 0.253 e. The Hall–Kier alpha value is -2.80. The number of hydrogen-bond acceptors (Lipinski definition) is 5. The molecule has 3 aromatic rings. The number of carbonyl (C=O) groups excluding carboxylic acids is 1. The molecule has 7 heteroatoms. The third kappa shape index (κ3) is 4.21. The fourth-order valence-corrected chi connectivity index (χ4v) is 4.66. The Morgan fingerprint density at radius 1 is 1.07 bits per heavy atom. The van der Waals surface area contributed by atoms with E-state index in [1.807, 2.05) is 53.4 Å². The van der Waals surface area contributed by atoms with Crippen molar-refractivity contribution >= 4 is 17.7 Å². The summed E-state index contributed by atoms with van der Waals surface area (Å²) in [5, 5.41) is 9.70. The molecule has 1 fully saturated rings. The summed E-state index contributed by atoms with van der Waals surface area (Å²) >= 11 is 1.65. The van der Waals surface area contributed by atoms with Gasteiger partial charge in [-0.05, 0) is 49.6 Å². The number of thioether (sulfide) groups is 1. The van der Waals surface area contributed by atoms with Gasteiger partial charge in [-0.3, -0.25) is 4.79 Å². The molecule has 0 aliphatic carbocycles. The third-order valence-electron chi connectivity index (χ3n) is 5.34. The van der Waals surface area contributed by atoms with Gasteiger partial charge in [0.1, 0.15) is 5.75 Å². The molecule has 0 saturated carbocycles. The van der Waals surface area contributed by atoms with Crippen LogP contribution in [0.4, 0.5) is 0 Å². The summed E-state index contributed by atoms with van der Waals surface area (Å²) in [4.78, 5) is 14.4. The van der Waals surface area contributed by atoms with E-state index >= 15 is 0 Å². The molecular weight excluding hydrogens is 396 g/mol. The van der Waals surface area contributed by atoms with Gasteiger partial charge in [-0.1, -0.05) is 36.0 Å². The second-order valence-corrected chi connectivity index (χ2v) is 8.18. The minimum absolute atomic E-state index is 0.138. The lowest BCUT2D eigenvalue weighted by atomic mass is 10.1. The fraction of sp³-hybridized carbons (Fsp3) is 0.348. The lowest BCUT2D eigenvalue weighted by Gasteiger charge is -2.15. The average Bonchev–Trinajstić information content (AvgIpc) is 3.47. The first-order valence-electron chi connectivity index (χ1n) is 10.3. The predicted octanol–water partition coefficient (Wildman–Crippen LogP) is 4.50. The summed E-state index contributed by atoms with van der Waals surface area (Å²) in [7, 11) is 1.67. The highest BCUT2D eigenvalue weighted by molar-refractivity contribution is 7.98. The number of ether oxygens (including phenoxy) is 1. The Kier molecular flexibility index (Phi) is 6.38. The van der Waals surface area contributed by atoms with E-state index in [-0.39, 0.29) is 5.91 Å². The molecular formula is C23H26N4O2S. The van der Waals surface area contributed by atoms with E-state index in [1.165, 1.54) is 0 Å². The summed E-state index contributed by atoms with van der Waals surface area (Å²) < 4.78 is 7.59. The molecule has 0 radical (unpaired) electrons.